The molecule has 6 heteroatoms. The lowest BCUT2D eigenvalue weighted by molar-refractivity contribution is 0.101. The molecule has 0 fully saturated rings. The van der Waals surface area contributed by atoms with Gasteiger partial charge in [0.1, 0.15) is 0 Å². The number of nitrogens with zero attached hydrogens (tertiary/aromatic N) is 2. The summed E-state index contributed by atoms with van der Waals surface area (Å²) < 4.78 is 5.16. The van der Waals surface area contributed by atoms with Gasteiger partial charge >= 0.3 is 0 Å². The van der Waals surface area contributed by atoms with E-state index in [1.807, 2.05) is 6.07 Å². The molecule has 0 radical (unpaired) electrons. The number of nitrogens with one attached hydrogen (secondary N) is 1. The number of carbonyl (C=O) groups excluding carboxylic acids is 2. The maximum absolute atomic E-state index is 12.2. The van der Waals surface area contributed by atoms with Gasteiger partial charge in [-0.05, 0) is 43.3 Å². The molecule has 0 aliphatic carbocycles. The molecule has 0 saturated carbocycles. The molecule has 1 N–H and O–H groups in total. The number of benzene rings is 1. The molecule has 2 aromatic heterocycles. The SMILES string of the molecule is CC(=O)c1ccc(NC(=O)c2cc(-c3cccnc3)on2)cc1. The van der Waals surface area contributed by atoms with Crippen LogP contribution < -0.4 is 5.32 Å². The van der Waals surface area contributed by atoms with Crippen molar-refractivity contribution in [3.05, 3.63) is 66.1 Å². The van der Waals surface area contributed by atoms with E-state index in [9.17, 15) is 9.59 Å². The van der Waals surface area contributed by atoms with Crippen LogP contribution in [0.15, 0.2) is 59.4 Å². The van der Waals surface area contributed by atoms with Crippen molar-refractivity contribution in [1.82, 2.24) is 10.1 Å². The van der Waals surface area contributed by atoms with Crippen molar-refractivity contribution >= 4 is 17.4 Å². The average molecular weight is 307 g/mol. The zero-order chi connectivity index (χ0) is 16.2. The van der Waals surface area contributed by atoms with Crippen LogP contribution in [0, 0.1) is 0 Å². The first kappa shape index (κ1) is 14.6. The summed E-state index contributed by atoms with van der Waals surface area (Å²) in [6.45, 7) is 1.49. The predicted octanol–water partition coefficient (Wildman–Crippen LogP) is 3.19. The Labute approximate surface area is 132 Å². The van der Waals surface area contributed by atoms with Crippen LogP contribution >= 0.6 is 0 Å². The predicted molar refractivity (Wildman–Crippen MR) is 84.1 cm³/mol. The average Bonchev–Trinajstić information content (AvgIpc) is 3.06. The van der Waals surface area contributed by atoms with Crippen molar-refractivity contribution < 1.29 is 14.1 Å². The Hall–Kier alpha value is -3.28. The highest BCUT2D eigenvalue weighted by atomic mass is 16.5. The van der Waals surface area contributed by atoms with E-state index in [4.69, 9.17) is 4.52 Å². The number of rotatable bonds is 4. The van der Waals surface area contributed by atoms with Gasteiger partial charge in [0.25, 0.3) is 5.91 Å². The highest BCUT2D eigenvalue weighted by molar-refractivity contribution is 6.03. The van der Waals surface area contributed by atoms with Gasteiger partial charge in [-0.3, -0.25) is 14.6 Å². The first-order valence-corrected chi connectivity index (χ1v) is 6.93. The standard InChI is InChI=1S/C17H13N3O3/c1-11(21)12-4-6-14(7-5-12)19-17(22)15-9-16(23-20-15)13-3-2-8-18-10-13/h2-10H,1H3,(H,19,22). The maximum Gasteiger partial charge on any atom is 0.277 e. The normalized spacial score (nSPS) is 10.3. The quantitative estimate of drug-likeness (QED) is 0.748. The molecule has 2 heterocycles. The van der Waals surface area contributed by atoms with Crippen LogP contribution in [0.1, 0.15) is 27.8 Å². The van der Waals surface area contributed by atoms with Crippen molar-refractivity contribution in [2.75, 3.05) is 5.32 Å². The molecule has 3 aromatic rings. The van der Waals surface area contributed by atoms with E-state index < -0.39 is 0 Å². The number of Topliss-reactive ketones (excluding diaryl/α,β-unsaturated/α-hetero) is 1. The summed E-state index contributed by atoms with van der Waals surface area (Å²) in [6.07, 6.45) is 3.28. The van der Waals surface area contributed by atoms with E-state index in [0.29, 0.717) is 17.0 Å². The lowest BCUT2D eigenvalue weighted by Gasteiger charge is -2.03. The summed E-state index contributed by atoms with van der Waals surface area (Å²) in [4.78, 5) is 27.4. The minimum atomic E-state index is -0.389. The molecule has 114 valence electrons. The summed E-state index contributed by atoms with van der Waals surface area (Å²) >= 11 is 0. The van der Waals surface area contributed by atoms with Crippen molar-refractivity contribution in [2.24, 2.45) is 0 Å². The fourth-order valence-corrected chi connectivity index (χ4v) is 2.01. The Morgan fingerprint density at radius 1 is 1.13 bits per heavy atom. The van der Waals surface area contributed by atoms with Crippen molar-refractivity contribution in [3.8, 4) is 11.3 Å². The summed E-state index contributed by atoms with van der Waals surface area (Å²) in [5, 5.41) is 6.47. The first-order valence-electron chi connectivity index (χ1n) is 6.93. The van der Waals surface area contributed by atoms with Gasteiger partial charge in [-0.2, -0.15) is 0 Å². The molecule has 1 amide bonds. The van der Waals surface area contributed by atoms with Gasteiger partial charge in [-0.25, -0.2) is 0 Å². The molecular formula is C17H13N3O3. The molecule has 3 rings (SSSR count). The van der Waals surface area contributed by atoms with Crippen LogP contribution in [0.2, 0.25) is 0 Å². The summed E-state index contributed by atoms with van der Waals surface area (Å²) in [5.74, 6) is 0.0510. The second-order valence-corrected chi connectivity index (χ2v) is 4.91. The Morgan fingerprint density at radius 2 is 1.91 bits per heavy atom. The second-order valence-electron chi connectivity index (χ2n) is 4.91. The molecule has 0 spiro atoms. The van der Waals surface area contributed by atoms with Crippen LogP contribution in [-0.2, 0) is 0 Å². The molecular weight excluding hydrogens is 294 g/mol. The molecule has 23 heavy (non-hydrogen) atoms. The lowest BCUT2D eigenvalue weighted by atomic mass is 10.1. The van der Waals surface area contributed by atoms with Gasteiger partial charge in [0.15, 0.2) is 17.2 Å². The molecule has 0 saturated heterocycles. The number of hydrogen-bond donors (Lipinski definition) is 1. The number of carbonyl (C=O) groups is 2. The molecule has 1 aromatic carbocycles. The molecule has 6 nitrogen and oxygen atoms in total. The number of anilines is 1. The van der Waals surface area contributed by atoms with E-state index >= 15 is 0 Å². The second kappa shape index (κ2) is 6.23. The third-order valence-corrected chi connectivity index (χ3v) is 3.24. The summed E-state index contributed by atoms with van der Waals surface area (Å²) in [7, 11) is 0. The van der Waals surface area contributed by atoms with E-state index in [-0.39, 0.29) is 17.4 Å². The fourth-order valence-electron chi connectivity index (χ4n) is 2.01. The molecule has 0 aliphatic rings. The topological polar surface area (TPSA) is 85.1 Å². The summed E-state index contributed by atoms with van der Waals surface area (Å²) in [5.41, 5.74) is 2.07. The van der Waals surface area contributed by atoms with E-state index in [0.717, 1.165) is 5.56 Å². The van der Waals surface area contributed by atoms with Gasteiger partial charge in [0.05, 0.1) is 0 Å². The van der Waals surface area contributed by atoms with Crippen molar-refractivity contribution in [3.63, 3.8) is 0 Å². The lowest BCUT2D eigenvalue weighted by Crippen LogP contribution is -2.12. The number of ketones is 1. The Kier molecular flexibility index (Phi) is 3.97. The van der Waals surface area contributed by atoms with Gasteiger partial charge in [0, 0.05) is 35.3 Å². The van der Waals surface area contributed by atoms with Gasteiger partial charge in [0.2, 0.25) is 0 Å². The highest BCUT2D eigenvalue weighted by Crippen LogP contribution is 2.19. The third kappa shape index (κ3) is 3.32. The van der Waals surface area contributed by atoms with Crippen LogP contribution in [0.4, 0.5) is 5.69 Å². The maximum atomic E-state index is 12.2. The fraction of sp³-hybridized carbons (Fsp3) is 0.0588. The number of hydrogen-bond acceptors (Lipinski definition) is 5. The Morgan fingerprint density at radius 3 is 2.57 bits per heavy atom. The van der Waals surface area contributed by atoms with Crippen LogP contribution in [0.5, 0.6) is 0 Å². The smallest absolute Gasteiger partial charge is 0.277 e. The summed E-state index contributed by atoms with van der Waals surface area (Å²) in [6, 6.07) is 11.8. The van der Waals surface area contributed by atoms with Crippen molar-refractivity contribution in [2.45, 2.75) is 6.92 Å². The van der Waals surface area contributed by atoms with E-state index in [1.165, 1.54) is 6.92 Å². The van der Waals surface area contributed by atoms with Crippen LogP contribution in [-0.4, -0.2) is 21.8 Å². The molecule has 0 aliphatic heterocycles. The first-order chi connectivity index (χ1) is 11.1. The highest BCUT2D eigenvalue weighted by Gasteiger charge is 2.14. The zero-order valence-electron chi connectivity index (χ0n) is 12.3. The number of amides is 1. The largest absolute Gasteiger partial charge is 0.355 e. The molecule has 0 unspecified atom stereocenters. The Bertz CT molecular complexity index is 839. The molecule has 0 atom stereocenters. The van der Waals surface area contributed by atoms with E-state index in [1.54, 1.807) is 48.8 Å². The van der Waals surface area contributed by atoms with E-state index in [2.05, 4.69) is 15.5 Å². The third-order valence-electron chi connectivity index (χ3n) is 3.24. The molecule has 0 bridgehead atoms. The van der Waals surface area contributed by atoms with Gasteiger partial charge < -0.3 is 9.84 Å². The van der Waals surface area contributed by atoms with Crippen LogP contribution in [0.3, 0.4) is 0 Å². The van der Waals surface area contributed by atoms with Crippen molar-refractivity contribution in [1.29, 1.82) is 0 Å². The minimum absolute atomic E-state index is 0.0273. The Balaban J connectivity index is 1.74. The number of pyridine rings is 1. The monoisotopic (exact) mass is 307 g/mol. The number of aromatic nitrogens is 2. The zero-order valence-corrected chi connectivity index (χ0v) is 12.3. The van der Waals surface area contributed by atoms with Gasteiger partial charge in [-0.15, -0.1) is 0 Å². The van der Waals surface area contributed by atoms with Crippen LogP contribution in [0.25, 0.3) is 11.3 Å². The van der Waals surface area contributed by atoms with Gasteiger partial charge in [-0.1, -0.05) is 5.16 Å². The minimum Gasteiger partial charge on any atom is -0.355 e.